The molecular weight excluding hydrogens is 246 g/mol. The van der Waals surface area contributed by atoms with Crippen molar-refractivity contribution in [2.24, 2.45) is 5.92 Å². The highest BCUT2D eigenvalue weighted by atomic mass is 16.3. The first kappa shape index (κ1) is 13.9. The molecule has 0 amide bonds. The summed E-state index contributed by atoms with van der Waals surface area (Å²) in [5.41, 5.74) is 2.42. The van der Waals surface area contributed by atoms with Crippen molar-refractivity contribution in [2.45, 2.75) is 64.0 Å². The summed E-state index contributed by atoms with van der Waals surface area (Å²) < 4.78 is 0. The van der Waals surface area contributed by atoms with Crippen LogP contribution in [0.4, 0.5) is 5.69 Å². The molecule has 1 saturated heterocycles. The fraction of sp³-hybridized carbons (Fsp3) is 0.667. The Kier molecular flexibility index (Phi) is 4.30. The summed E-state index contributed by atoms with van der Waals surface area (Å²) in [4.78, 5) is 2.61. The minimum atomic E-state index is -0.324. The van der Waals surface area contributed by atoms with Crippen molar-refractivity contribution >= 4 is 5.69 Å². The molecular formula is C18H27NO. The normalized spacial score (nSPS) is 28.0. The van der Waals surface area contributed by atoms with Crippen molar-refractivity contribution in [3.05, 3.63) is 29.8 Å². The van der Waals surface area contributed by atoms with E-state index in [1.54, 1.807) is 0 Å². The molecule has 0 radical (unpaired) electrons. The summed E-state index contributed by atoms with van der Waals surface area (Å²) in [7, 11) is 0. The Labute approximate surface area is 122 Å². The van der Waals surface area contributed by atoms with E-state index < -0.39 is 0 Å². The summed E-state index contributed by atoms with van der Waals surface area (Å²) in [6.45, 7) is 3.22. The fourth-order valence-corrected chi connectivity index (χ4v) is 4.17. The van der Waals surface area contributed by atoms with Crippen LogP contribution in [0.1, 0.15) is 63.5 Å². The molecule has 0 bridgehead atoms. The standard InChI is InChI=1S/C18H27NO/c1-2-18(20)15-10-4-6-12-17(15)19-13-7-9-14-8-3-5-11-16(14)19/h4,6,10,12,14,16,18,20H,2-3,5,7-9,11,13H2,1H3/t14-,16-,18-/m1/s1. The largest absolute Gasteiger partial charge is 0.388 e. The summed E-state index contributed by atoms with van der Waals surface area (Å²) in [5.74, 6) is 0.879. The first-order chi connectivity index (χ1) is 9.81. The molecule has 20 heavy (non-hydrogen) atoms. The lowest BCUT2D eigenvalue weighted by Crippen LogP contribution is -2.47. The van der Waals surface area contributed by atoms with Gasteiger partial charge in [0.15, 0.2) is 0 Å². The third-order valence-electron chi connectivity index (χ3n) is 5.24. The summed E-state index contributed by atoms with van der Waals surface area (Å²) in [6, 6.07) is 9.21. The second-order valence-corrected chi connectivity index (χ2v) is 6.43. The molecule has 110 valence electrons. The Balaban J connectivity index is 1.91. The Bertz CT molecular complexity index is 443. The highest BCUT2D eigenvalue weighted by Gasteiger charge is 2.34. The van der Waals surface area contributed by atoms with Crippen molar-refractivity contribution in [2.75, 3.05) is 11.4 Å². The van der Waals surface area contributed by atoms with Gasteiger partial charge in [0.05, 0.1) is 6.10 Å². The number of aliphatic hydroxyl groups excluding tert-OH is 1. The van der Waals surface area contributed by atoms with Gasteiger partial charge in [0.2, 0.25) is 0 Å². The van der Waals surface area contributed by atoms with Crippen LogP contribution in [-0.4, -0.2) is 17.7 Å². The number of rotatable bonds is 3. The predicted molar refractivity (Wildman–Crippen MR) is 84.0 cm³/mol. The SMILES string of the molecule is CC[C@@H](O)c1ccccc1N1CCC[C@H]2CCCC[C@H]21. The van der Waals surface area contributed by atoms with E-state index in [-0.39, 0.29) is 6.10 Å². The highest BCUT2D eigenvalue weighted by Crippen LogP contribution is 2.40. The molecule has 3 rings (SSSR count). The molecule has 1 aromatic rings. The van der Waals surface area contributed by atoms with E-state index in [0.29, 0.717) is 6.04 Å². The lowest BCUT2D eigenvalue weighted by atomic mass is 9.78. The molecule has 2 aliphatic rings. The van der Waals surface area contributed by atoms with E-state index in [9.17, 15) is 5.11 Å². The van der Waals surface area contributed by atoms with Crippen LogP contribution in [0.15, 0.2) is 24.3 Å². The van der Waals surface area contributed by atoms with Crippen LogP contribution in [0.25, 0.3) is 0 Å². The third kappa shape index (κ3) is 2.58. The maximum absolute atomic E-state index is 10.3. The van der Waals surface area contributed by atoms with Gasteiger partial charge in [0.25, 0.3) is 0 Å². The van der Waals surface area contributed by atoms with Gasteiger partial charge in [-0.1, -0.05) is 38.0 Å². The maximum Gasteiger partial charge on any atom is 0.0807 e. The zero-order chi connectivity index (χ0) is 13.9. The molecule has 1 saturated carbocycles. The third-order valence-corrected chi connectivity index (χ3v) is 5.24. The molecule has 3 atom stereocenters. The van der Waals surface area contributed by atoms with Gasteiger partial charge in [-0.3, -0.25) is 0 Å². The average molecular weight is 273 g/mol. The summed E-state index contributed by atoms with van der Waals surface area (Å²) in [6.07, 6.45) is 8.69. The van der Waals surface area contributed by atoms with Crippen LogP contribution in [0.2, 0.25) is 0 Å². The summed E-state index contributed by atoms with van der Waals surface area (Å²) >= 11 is 0. The lowest BCUT2D eigenvalue weighted by molar-refractivity contribution is 0.173. The first-order valence-electron chi connectivity index (χ1n) is 8.35. The zero-order valence-electron chi connectivity index (χ0n) is 12.6. The van der Waals surface area contributed by atoms with Crippen molar-refractivity contribution in [3.8, 4) is 0 Å². The number of benzene rings is 1. The number of fused-ring (bicyclic) bond motifs is 1. The molecule has 2 nitrogen and oxygen atoms in total. The van der Waals surface area contributed by atoms with Crippen molar-refractivity contribution in [1.29, 1.82) is 0 Å². The van der Waals surface area contributed by atoms with Crippen LogP contribution in [0.5, 0.6) is 0 Å². The van der Waals surface area contributed by atoms with E-state index in [0.717, 1.165) is 24.4 Å². The molecule has 0 unspecified atom stereocenters. The second-order valence-electron chi connectivity index (χ2n) is 6.43. The van der Waals surface area contributed by atoms with E-state index in [2.05, 4.69) is 36.1 Å². The highest BCUT2D eigenvalue weighted by molar-refractivity contribution is 5.56. The van der Waals surface area contributed by atoms with Crippen molar-refractivity contribution in [3.63, 3.8) is 0 Å². The second kappa shape index (κ2) is 6.17. The molecule has 1 N–H and O–H groups in total. The number of hydrogen-bond donors (Lipinski definition) is 1. The lowest BCUT2D eigenvalue weighted by Gasteiger charge is -2.46. The van der Waals surface area contributed by atoms with Gasteiger partial charge in [-0.25, -0.2) is 0 Å². The van der Waals surface area contributed by atoms with Crippen LogP contribution >= 0.6 is 0 Å². The first-order valence-corrected chi connectivity index (χ1v) is 8.35. The van der Waals surface area contributed by atoms with E-state index in [1.165, 1.54) is 44.2 Å². The monoisotopic (exact) mass is 273 g/mol. The number of piperidine rings is 1. The number of nitrogens with zero attached hydrogens (tertiary/aromatic N) is 1. The molecule has 2 fully saturated rings. The van der Waals surface area contributed by atoms with Crippen molar-refractivity contribution in [1.82, 2.24) is 0 Å². The van der Waals surface area contributed by atoms with Crippen molar-refractivity contribution < 1.29 is 5.11 Å². The van der Waals surface area contributed by atoms with Gasteiger partial charge in [-0.2, -0.15) is 0 Å². The summed E-state index contributed by atoms with van der Waals surface area (Å²) in [5, 5.41) is 10.3. The molecule has 0 aromatic heterocycles. The van der Waals surface area contributed by atoms with Crippen LogP contribution in [0, 0.1) is 5.92 Å². The Morgan fingerprint density at radius 3 is 2.75 bits per heavy atom. The number of para-hydroxylation sites is 1. The molecule has 1 heterocycles. The van der Waals surface area contributed by atoms with Crippen LogP contribution < -0.4 is 4.90 Å². The van der Waals surface area contributed by atoms with Gasteiger partial charge >= 0.3 is 0 Å². The van der Waals surface area contributed by atoms with E-state index in [1.807, 2.05) is 0 Å². The minimum absolute atomic E-state index is 0.324. The Hall–Kier alpha value is -1.02. The fourth-order valence-electron chi connectivity index (χ4n) is 4.17. The smallest absolute Gasteiger partial charge is 0.0807 e. The number of hydrogen-bond acceptors (Lipinski definition) is 2. The Morgan fingerprint density at radius 1 is 1.15 bits per heavy atom. The van der Waals surface area contributed by atoms with Gasteiger partial charge < -0.3 is 10.0 Å². The van der Waals surface area contributed by atoms with Gasteiger partial charge in [0.1, 0.15) is 0 Å². The quantitative estimate of drug-likeness (QED) is 0.888. The molecule has 1 aliphatic heterocycles. The number of aliphatic hydroxyl groups is 1. The number of anilines is 1. The van der Waals surface area contributed by atoms with E-state index in [4.69, 9.17) is 0 Å². The van der Waals surface area contributed by atoms with Crippen LogP contribution in [0.3, 0.4) is 0 Å². The van der Waals surface area contributed by atoms with Gasteiger partial charge in [-0.05, 0) is 44.1 Å². The molecule has 1 aromatic carbocycles. The van der Waals surface area contributed by atoms with E-state index >= 15 is 0 Å². The average Bonchev–Trinajstić information content (AvgIpc) is 2.53. The van der Waals surface area contributed by atoms with Gasteiger partial charge in [0, 0.05) is 23.8 Å². The maximum atomic E-state index is 10.3. The van der Waals surface area contributed by atoms with Gasteiger partial charge in [-0.15, -0.1) is 0 Å². The minimum Gasteiger partial charge on any atom is -0.388 e. The topological polar surface area (TPSA) is 23.5 Å². The predicted octanol–water partition coefficient (Wildman–Crippen LogP) is 4.29. The Morgan fingerprint density at radius 2 is 1.90 bits per heavy atom. The molecule has 0 spiro atoms. The zero-order valence-corrected chi connectivity index (χ0v) is 12.6. The molecule has 1 aliphatic carbocycles. The van der Waals surface area contributed by atoms with Crippen LogP contribution in [-0.2, 0) is 0 Å². The molecule has 2 heteroatoms.